The van der Waals surface area contributed by atoms with Crippen LogP contribution in [0.1, 0.15) is 12.5 Å². The molecule has 3 aliphatic rings. The monoisotopic (exact) mass is 388 g/mol. The number of hydrogen-bond donors (Lipinski definition) is 1. The van der Waals surface area contributed by atoms with Crippen LogP contribution in [0.5, 0.6) is 0 Å². The third-order valence-electron chi connectivity index (χ3n) is 5.53. The summed E-state index contributed by atoms with van der Waals surface area (Å²) in [4.78, 5) is 39.1. The number of carbonyl (C=O) groups excluding carboxylic acids is 3. The normalized spacial score (nSPS) is 29.9. The average molecular weight is 388 g/mol. The maximum Gasteiger partial charge on any atom is 0.325 e. The molecule has 8 heteroatoms. The lowest BCUT2D eigenvalue weighted by Crippen LogP contribution is -2.41. The van der Waals surface area contributed by atoms with E-state index in [2.05, 4.69) is 5.32 Å². The fourth-order valence-electron chi connectivity index (χ4n) is 4.32. The number of rotatable bonds is 5. The lowest BCUT2D eigenvalue weighted by Gasteiger charge is -2.23. The van der Waals surface area contributed by atoms with E-state index in [1.54, 1.807) is 19.9 Å². The molecule has 148 valence electrons. The molecule has 2 unspecified atom stereocenters. The van der Waals surface area contributed by atoms with E-state index in [0.29, 0.717) is 11.3 Å². The molecule has 0 radical (unpaired) electrons. The fourth-order valence-corrected chi connectivity index (χ4v) is 4.32. The van der Waals surface area contributed by atoms with Crippen LogP contribution in [0.25, 0.3) is 0 Å². The number of benzene rings is 1. The zero-order valence-corrected chi connectivity index (χ0v) is 15.6. The number of nitrogens with one attached hydrogen (secondary N) is 1. The molecule has 1 aromatic rings. The lowest BCUT2D eigenvalue weighted by atomic mass is 9.77. The number of nitrogens with zero attached hydrogens (tertiary/aromatic N) is 1. The van der Waals surface area contributed by atoms with Crippen LogP contribution >= 0.6 is 0 Å². The second-order valence-corrected chi connectivity index (χ2v) is 7.35. The Labute approximate surface area is 161 Å². The van der Waals surface area contributed by atoms with Gasteiger partial charge in [0.1, 0.15) is 18.0 Å². The van der Waals surface area contributed by atoms with E-state index in [1.165, 1.54) is 23.1 Å². The van der Waals surface area contributed by atoms with Gasteiger partial charge in [-0.3, -0.25) is 14.4 Å². The summed E-state index contributed by atoms with van der Waals surface area (Å²) < 4.78 is 24.4. The number of esters is 1. The van der Waals surface area contributed by atoms with Crippen molar-refractivity contribution in [1.82, 2.24) is 4.90 Å². The zero-order valence-electron chi connectivity index (χ0n) is 15.6. The van der Waals surface area contributed by atoms with Crippen molar-refractivity contribution >= 4 is 23.5 Å². The minimum atomic E-state index is -0.894. The molecule has 0 aromatic heterocycles. The van der Waals surface area contributed by atoms with Gasteiger partial charge in [-0.25, -0.2) is 4.39 Å². The fraction of sp³-hybridized carbons (Fsp3) is 0.450. The van der Waals surface area contributed by atoms with Gasteiger partial charge < -0.3 is 19.7 Å². The topological polar surface area (TPSA) is 84.9 Å². The standard InChI is InChI=1S/C20H21FN2O5/c1-3-27-15(24)9-23-10-20-7-6-14(28-20)16(17(20)19(23)26)18(25)22-12-4-5-13(21)11(2)8-12/h4-8,14,16-17H,3,9-10H2,1-2H3,(H,22,25)/t14-,16?,17-,20?/m1/s1. The molecule has 28 heavy (non-hydrogen) atoms. The van der Waals surface area contributed by atoms with Gasteiger partial charge in [-0.1, -0.05) is 12.2 Å². The van der Waals surface area contributed by atoms with E-state index in [0.717, 1.165) is 0 Å². The molecule has 3 heterocycles. The lowest BCUT2D eigenvalue weighted by molar-refractivity contribution is -0.148. The van der Waals surface area contributed by atoms with Crippen LogP contribution in [0, 0.1) is 24.6 Å². The summed E-state index contributed by atoms with van der Waals surface area (Å²) >= 11 is 0. The summed E-state index contributed by atoms with van der Waals surface area (Å²) in [5.41, 5.74) is -0.0240. The van der Waals surface area contributed by atoms with Crippen molar-refractivity contribution < 1.29 is 28.2 Å². The van der Waals surface area contributed by atoms with Gasteiger partial charge in [0.25, 0.3) is 0 Å². The molecule has 3 aliphatic heterocycles. The number of likely N-dealkylation sites (tertiary alicyclic amines) is 1. The number of fused-ring (bicyclic) bond motifs is 1. The quantitative estimate of drug-likeness (QED) is 0.609. The third-order valence-corrected chi connectivity index (χ3v) is 5.53. The SMILES string of the molecule is CCOC(=O)CN1CC23C=C[C@@H](O2)C(C(=O)Nc2ccc(F)c(C)c2)[C@@H]3C1=O. The van der Waals surface area contributed by atoms with Crippen LogP contribution in [0.3, 0.4) is 0 Å². The van der Waals surface area contributed by atoms with Crippen molar-refractivity contribution in [3.63, 3.8) is 0 Å². The smallest absolute Gasteiger partial charge is 0.325 e. The van der Waals surface area contributed by atoms with Crippen LogP contribution in [-0.2, 0) is 23.9 Å². The number of ether oxygens (including phenoxy) is 2. The summed E-state index contributed by atoms with van der Waals surface area (Å²) in [5.74, 6) is -2.92. The minimum Gasteiger partial charge on any atom is -0.465 e. The highest BCUT2D eigenvalue weighted by Gasteiger charge is 2.66. The molecule has 1 N–H and O–H groups in total. The van der Waals surface area contributed by atoms with Crippen LogP contribution in [0.15, 0.2) is 30.4 Å². The molecule has 1 aromatic carbocycles. The highest BCUT2D eigenvalue weighted by molar-refractivity contribution is 5.99. The van der Waals surface area contributed by atoms with Crippen LogP contribution in [0.2, 0.25) is 0 Å². The summed E-state index contributed by atoms with van der Waals surface area (Å²) in [5, 5.41) is 2.76. The van der Waals surface area contributed by atoms with Crippen LogP contribution in [-0.4, -0.2) is 54.1 Å². The molecule has 1 spiro atoms. The Balaban J connectivity index is 1.53. The van der Waals surface area contributed by atoms with Gasteiger partial charge in [-0.15, -0.1) is 0 Å². The molecule has 7 nitrogen and oxygen atoms in total. The second kappa shape index (κ2) is 6.70. The molecule has 0 saturated carbocycles. The number of hydrogen-bond acceptors (Lipinski definition) is 5. The molecule has 4 rings (SSSR count). The van der Waals surface area contributed by atoms with Crippen molar-refractivity contribution in [3.8, 4) is 0 Å². The summed E-state index contributed by atoms with van der Waals surface area (Å²) in [6.07, 6.45) is 3.11. The Bertz CT molecular complexity index is 885. The van der Waals surface area contributed by atoms with E-state index in [-0.39, 0.29) is 37.3 Å². The number of carbonyl (C=O) groups is 3. The van der Waals surface area contributed by atoms with Gasteiger partial charge in [0.2, 0.25) is 11.8 Å². The first-order chi connectivity index (χ1) is 13.3. The predicted molar refractivity (Wildman–Crippen MR) is 96.7 cm³/mol. The first-order valence-corrected chi connectivity index (χ1v) is 9.23. The molecule has 2 fully saturated rings. The summed E-state index contributed by atoms with van der Waals surface area (Å²) in [6.45, 7) is 3.58. The van der Waals surface area contributed by atoms with E-state index >= 15 is 0 Å². The third kappa shape index (κ3) is 2.88. The Hall–Kier alpha value is -2.74. The van der Waals surface area contributed by atoms with Crippen molar-refractivity contribution in [2.45, 2.75) is 25.6 Å². The predicted octanol–water partition coefficient (Wildman–Crippen LogP) is 1.42. The van der Waals surface area contributed by atoms with E-state index in [4.69, 9.17) is 9.47 Å². The largest absolute Gasteiger partial charge is 0.465 e. The maximum atomic E-state index is 13.5. The van der Waals surface area contributed by atoms with Crippen molar-refractivity contribution in [2.24, 2.45) is 11.8 Å². The molecule has 2 amide bonds. The van der Waals surface area contributed by atoms with Crippen LogP contribution < -0.4 is 5.32 Å². The number of anilines is 1. The second-order valence-electron chi connectivity index (χ2n) is 7.35. The van der Waals surface area contributed by atoms with Gasteiger partial charge >= 0.3 is 5.97 Å². The Morgan fingerprint density at radius 2 is 2.21 bits per heavy atom. The molecule has 2 bridgehead atoms. The highest BCUT2D eigenvalue weighted by Crippen LogP contribution is 2.52. The molecular formula is C20H21FN2O5. The Morgan fingerprint density at radius 1 is 1.43 bits per heavy atom. The first kappa shape index (κ1) is 18.6. The zero-order chi connectivity index (χ0) is 20.1. The number of amides is 2. The van der Waals surface area contributed by atoms with Gasteiger partial charge in [-0.05, 0) is 37.6 Å². The van der Waals surface area contributed by atoms with Crippen LogP contribution in [0.4, 0.5) is 10.1 Å². The van der Waals surface area contributed by atoms with Crippen molar-refractivity contribution in [2.75, 3.05) is 25.0 Å². The molecule has 2 saturated heterocycles. The van der Waals surface area contributed by atoms with Gasteiger partial charge in [0.05, 0.1) is 31.1 Å². The number of halogens is 1. The van der Waals surface area contributed by atoms with Crippen molar-refractivity contribution in [3.05, 3.63) is 41.7 Å². The molecule has 4 atom stereocenters. The van der Waals surface area contributed by atoms with Gasteiger partial charge in [0.15, 0.2) is 0 Å². The van der Waals surface area contributed by atoms with Crippen molar-refractivity contribution in [1.29, 1.82) is 0 Å². The molecular weight excluding hydrogens is 367 g/mol. The number of aryl methyl sites for hydroxylation is 1. The summed E-state index contributed by atoms with van der Waals surface area (Å²) in [6, 6.07) is 4.30. The Morgan fingerprint density at radius 3 is 2.93 bits per heavy atom. The maximum absolute atomic E-state index is 13.5. The highest BCUT2D eigenvalue weighted by atomic mass is 19.1. The van der Waals surface area contributed by atoms with E-state index in [1.807, 2.05) is 6.08 Å². The Kier molecular flexibility index (Phi) is 4.45. The van der Waals surface area contributed by atoms with Gasteiger partial charge in [0, 0.05) is 5.69 Å². The minimum absolute atomic E-state index is 0.168. The van der Waals surface area contributed by atoms with E-state index in [9.17, 15) is 18.8 Å². The van der Waals surface area contributed by atoms with Gasteiger partial charge in [-0.2, -0.15) is 0 Å². The summed E-state index contributed by atoms with van der Waals surface area (Å²) in [7, 11) is 0. The molecule has 0 aliphatic carbocycles. The first-order valence-electron chi connectivity index (χ1n) is 9.23. The van der Waals surface area contributed by atoms with E-state index < -0.39 is 29.5 Å². The average Bonchev–Trinajstić information content (AvgIpc) is 3.27.